The Morgan fingerprint density at radius 3 is 2.58 bits per heavy atom. The maximum atomic E-state index is 11.7. The van der Waals surface area contributed by atoms with E-state index in [0.717, 1.165) is 6.42 Å². The highest BCUT2D eigenvalue weighted by molar-refractivity contribution is 5.88. The van der Waals surface area contributed by atoms with Crippen LogP contribution in [0.5, 0.6) is 0 Å². The summed E-state index contributed by atoms with van der Waals surface area (Å²) in [6, 6.07) is -0.964. The molecule has 1 saturated carbocycles. The van der Waals surface area contributed by atoms with E-state index in [1.807, 2.05) is 0 Å². The lowest BCUT2D eigenvalue weighted by Crippen LogP contribution is -2.52. The number of nitrogens with one attached hydrogen (secondary N) is 2. The van der Waals surface area contributed by atoms with Gasteiger partial charge < -0.3 is 20.6 Å². The molecule has 3 amide bonds. The molecule has 0 spiro atoms. The Bertz CT molecular complexity index is 406. The van der Waals surface area contributed by atoms with E-state index in [4.69, 9.17) is 5.11 Å². The van der Waals surface area contributed by atoms with Crippen molar-refractivity contribution in [3.05, 3.63) is 0 Å². The average Bonchev–Trinajstić information content (AvgIpc) is 2.59. The largest absolute Gasteiger partial charge is 0.481 e. The number of carbonyl (C=O) groups is 3. The predicted octanol–water partition coefficient (Wildman–Crippen LogP) is -0.229. The number of carboxylic acid groups (broad SMARTS) is 1. The third-order valence-corrected chi connectivity index (χ3v) is 4.08. The standard InChI is InChI=1S/C12H19N3O4/c1-15-6-3-8(9(15)16)14-11(19)13-7-12(10(17)18)4-2-5-12/h8H,2-7H2,1H3,(H,17,18)(H2,13,14,19). The smallest absolute Gasteiger partial charge is 0.315 e. The Morgan fingerprint density at radius 2 is 2.16 bits per heavy atom. The summed E-state index contributed by atoms with van der Waals surface area (Å²) in [5.41, 5.74) is -0.812. The van der Waals surface area contributed by atoms with E-state index in [9.17, 15) is 14.4 Å². The molecule has 7 heteroatoms. The van der Waals surface area contributed by atoms with Gasteiger partial charge >= 0.3 is 12.0 Å². The molecule has 0 radical (unpaired) electrons. The summed E-state index contributed by atoms with van der Waals surface area (Å²) in [6.07, 6.45) is 2.65. The molecule has 1 aliphatic heterocycles. The maximum absolute atomic E-state index is 11.7. The molecule has 0 aromatic rings. The van der Waals surface area contributed by atoms with Crippen LogP contribution < -0.4 is 10.6 Å². The molecule has 2 aliphatic rings. The van der Waals surface area contributed by atoms with Crippen molar-refractivity contribution in [2.75, 3.05) is 20.1 Å². The molecular weight excluding hydrogens is 250 g/mol. The van der Waals surface area contributed by atoms with E-state index in [0.29, 0.717) is 25.8 Å². The molecule has 0 aromatic heterocycles. The molecule has 3 N–H and O–H groups in total. The lowest BCUT2D eigenvalue weighted by Gasteiger charge is -2.37. The number of urea groups is 1. The van der Waals surface area contributed by atoms with Crippen LogP contribution in [0.15, 0.2) is 0 Å². The van der Waals surface area contributed by atoms with Crippen molar-refractivity contribution in [3.63, 3.8) is 0 Å². The number of nitrogens with zero attached hydrogens (tertiary/aromatic N) is 1. The number of likely N-dealkylation sites (tertiary alicyclic amines) is 1. The van der Waals surface area contributed by atoms with Crippen molar-refractivity contribution in [3.8, 4) is 0 Å². The summed E-state index contributed by atoms with van der Waals surface area (Å²) < 4.78 is 0. The third kappa shape index (κ3) is 2.64. The molecule has 106 valence electrons. The molecular formula is C12H19N3O4. The fourth-order valence-electron chi connectivity index (χ4n) is 2.48. The minimum absolute atomic E-state index is 0.105. The van der Waals surface area contributed by atoms with Crippen molar-refractivity contribution < 1.29 is 19.5 Å². The normalized spacial score (nSPS) is 24.8. The highest BCUT2D eigenvalue weighted by Crippen LogP contribution is 2.40. The number of hydrogen-bond donors (Lipinski definition) is 3. The number of aliphatic carboxylic acids is 1. The van der Waals surface area contributed by atoms with E-state index in [1.165, 1.54) is 0 Å². The number of carboxylic acids is 1. The van der Waals surface area contributed by atoms with Gasteiger partial charge in [-0.15, -0.1) is 0 Å². The zero-order chi connectivity index (χ0) is 14.0. The topological polar surface area (TPSA) is 98.7 Å². The second kappa shape index (κ2) is 5.07. The minimum Gasteiger partial charge on any atom is -0.481 e. The molecule has 2 fully saturated rings. The molecule has 0 bridgehead atoms. The second-order valence-corrected chi connectivity index (χ2v) is 5.37. The van der Waals surface area contributed by atoms with Gasteiger partial charge in [-0.3, -0.25) is 9.59 Å². The van der Waals surface area contributed by atoms with Gasteiger partial charge in [0.15, 0.2) is 0 Å². The number of amides is 3. The summed E-state index contributed by atoms with van der Waals surface area (Å²) in [5.74, 6) is -0.970. The predicted molar refractivity (Wildman–Crippen MR) is 66.5 cm³/mol. The quantitative estimate of drug-likeness (QED) is 0.656. The van der Waals surface area contributed by atoms with Crippen LogP contribution in [0.4, 0.5) is 4.79 Å². The van der Waals surface area contributed by atoms with Crippen LogP contribution in [0.25, 0.3) is 0 Å². The van der Waals surface area contributed by atoms with E-state index in [-0.39, 0.29) is 12.5 Å². The summed E-state index contributed by atoms with van der Waals surface area (Å²) in [4.78, 5) is 36.0. The van der Waals surface area contributed by atoms with Crippen LogP contribution >= 0.6 is 0 Å². The van der Waals surface area contributed by atoms with Gasteiger partial charge in [0.05, 0.1) is 5.41 Å². The third-order valence-electron chi connectivity index (χ3n) is 4.08. The van der Waals surface area contributed by atoms with Gasteiger partial charge in [-0.1, -0.05) is 6.42 Å². The number of carbonyl (C=O) groups excluding carboxylic acids is 2. The van der Waals surface area contributed by atoms with Crippen molar-refractivity contribution in [2.24, 2.45) is 5.41 Å². The lowest BCUT2D eigenvalue weighted by atomic mass is 9.69. The van der Waals surface area contributed by atoms with Gasteiger partial charge in [0, 0.05) is 20.1 Å². The molecule has 1 aliphatic carbocycles. The SMILES string of the molecule is CN1CCC(NC(=O)NCC2(C(=O)O)CCC2)C1=O. The summed E-state index contributed by atoms with van der Waals surface area (Å²) >= 11 is 0. The monoisotopic (exact) mass is 269 g/mol. The van der Waals surface area contributed by atoms with Crippen molar-refractivity contribution in [2.45, 2.75) is 31.7 Å². The zero-order valence-electron chi connectivity index (χ0n) is 10.9. The Kier molecular flexibility index (Phi) is 3.64. The molecule has 0 aromatic carbocycles. The molecule has 1 saturated heterocycles. The number of hydrogen-bond acceptors (Lipinski definition) is 3. The first-order valence-corrected chi connectivity index (χ1v) is 6.47. The molecule has 19 heavy (non-hydrogen) atoms. The van der Waals surface area contributed by atoms with Crippen molar-refractivity contribution >= 4 is 17.9 Å². The van der Waals surface area contributed by atoms with E-state index in [2.05, 4.69) is 10.6 Å². The van der Waals surface area contributed by atoms with Crippen LogP contribution in [-0.2, 0) is 9.59 Å². The molecule has 1 unspecified atom stereocenters. The zero-order valence-corrected chi connectivity index (χ0v) is 10.9. The molecule has 1 atom stereocenters. The van der Waals surface area contributed by atoms with E-state index < -0.39 is 23.5 Å². The maximum Gasteiger partial charge on any atom is 0.315 e. The van der Waals surface area contributed by atoms with Crippen LogP contribution in [0.2, 0.25) is 0 Å². The van der Waals surface area contributed by atoms with Crippen LogP contribution in [0.3, 0.4) is 0 Å². The van der Waals surface area contributed by atoms with Gasteiger partial charge in [-0.25, -0.2) is 4.79 Å². The first-order valence-electron chi connectivity index (χ1n) is 6.47. The summed E-state index contributed by atoms with van der Waals surface area (Å²) in [5, 5.41) is 14.3. The fraction of sp³-hybridized carbons (Fsp3) is 0.750. The van der Waals surface area contributed by atoms with E-state index in [1.54, 1.807) is 11.9 Å². The Labute approximate surface area is 111 Å². The van der Waals surface area contributed by atoms with E-state index >= 15 is 0 Å². The van der Waals surface area contributed by atoms with Gasteiger partial charge in [0.25, 0.3) is 0 Å². The summed E-state index contributed by atoms with van der Waals surface area (Å²) in [7, 11) is 1.69. The first kappa shape index (κ1) is 13.6. The van der Waals surface area contributed by atoms with Gasteiger partial charge in [0.1, 0.15) is 6.04 Å². The van der Waals surface area contributed by atoms with Crippen LogP contribution in [0.1, 0.15) is 25.7 Å². The Morgan fingerprint density at radius 1 is 1.47 bits per heavy atom. The molecule has 1 heterocycles. The van der Waals surface area contributed by atoms with Crippen molar-refractivity contribution in [1.29, 1.82) is 0 Å². The number of likely N-dealkylation sites (N-methyl/N-ethyl adjacent to an activating group) is 1. The average molecular weight is 269 g/mol. The molecule has 7 nitrogen and oxygen atoms in total. The highest BCUT2D eigenvalue weighted by Gasteiger charge is 2.44. The Hall–Kier alpha value is -1.79. The van der Waals surface area contributed by atoms with Gasteiger partial charge in [-0.05, 0) is 19.3 Å². The minimum atomic E-state index is -0.865. The van der Waals surface area contributed by atoms with Crippen LogP contribution in [0, 0.1) is 5.41 Å². The fourth-order valence-corrected chi connectivity index (χ4v) is 2.48. The van der Waals surface area contributed by atoms with Gasteiger partial charge in [0.2, 0.25) is 5.91 Å². The molecule has 2 rings (SSSR count). The number of rotatable bonds is 4. The van der Waals surface area contributed by atoms with Gasteiger partial charge in [-0.2, -0.15) is 0 Å². The first-order chi connectivity index (χ1) is 8.94. The second-order valence-electron chi connectivity index (χ2n) is 5.37. The lowest BCUT2D eigenvalue weighted by molar-refractivity contribution is -0.153. The highest BCUT2D eigenvalue weighted by atomic mass is 16.4. The van der Waals surface area contributed by atoms with Crippen molar-refractivity contribution in [1.82, 2.24) is 15.5 Å². The summed E-state index contributed by atoms with van der Waals surface area (Å²) in [6.45, 7) is 0.744. The van der Waals surface area contributed by atoms with Crippen LogP contribution in [-0.4, -0.2) is 54.1 Å². The Balaban J connectivity index is 1.79.